The molecule has 2 atom stereocenters. The second-order valence-corrected chi connectivity index (χ2v) is 5.90. The van der Waals surface area contributed by atoms with Gasteiger partial charge in [0, 0.05) is 30.0 Å². The lowest BCUT2D eigenvalue weighted by atomic mass is 9.97. The summed E-state index contributed by atoms with van der Waals surface area (Å²) in [6.45, 7) is 2.47. The van der Waals surface area contributed by atoms with E-state index in [1.54, 1.807) is 0 Å². The summed E-state index contributed by atoms with van der Waals surface area (Å²) in [7, 11) is 1.37. The molecule has 21 heavy (non-hydrogen) atoms. The van der Waals surface area contributed by atoms with Crippen LogP contribution in [-0.2, 0) is 4.74 Å². The molecule has 1 aromatic carbocycles. The highest BCUT2D eigenvalue weighted by atomic mass is 16.5. The molecule has 0 spiro atoms. The van der Waals surface area contributed by atoms with E-state index in [1.807, 2.05) is 24.3 Å². The molecule has 0 aliphatic carbocycles. The van der Waals surface area contributed by atoms with E-state index in [0.29, 0.717) is 6.04 Å². The van der Waals surface area contributed by atoms with Crippen LogP contribution in [0.2, 0.25) is 0 Å². The third-order valence-corrected chi connectivity index (χ3v) is 4.49. The Hall–Kier alpha value is -1.75. The van der Waals surface area contributed by atoms with Gasteiger partial charge in [-0.2, -0.15) is 0 Å². The summed E-state index contributed by atoms with van der Waals surface area (Å²) in [5.41, 5.74) is 1.81. The van der Waals surface area contributed by atoms with Crippen LogP contribution in [-0.4, -0.2) is 43.3 Å². The first-order valence-electron chi connectivity index (χ1n) is 7.70. The van der Waals surface area contributed by atoms with Gasteiger partial charge < -0.3 is 15.0 Å². The largest absolute Gasteiger partial charge is 0.453 e. The number of carbonyl (C=O) groups is 1. The molecule has 5 nitrogen and oxygen atoms in total. The summed E-state index contributed by atoms with van der Waals surface area (Å²) in [6.07, 6.45) is 4.64. The zero-order valence-corrected chi connectivity index (χ0v) is 12.5. The van der Waals surface area contributed by atoms with E-state index in [-0.39, 0.29) is 0 Å². The quantitative estimate of drug-likeness (QED) is 0.898. The van der Waals surface area contributed by atoms with Crippen molar-refractivity contribution >= 4 is 17.5 Å². The van der Waals surface area contributed by atoms with E-state index in [2.05, 4.69) is 20.3 Å². The molecule has 2 N–H and O–H groups in total. The van der Waals surface area contributed by atoms with Crippen molar-refractivity contribution in [3.05, 3.63) is 24.3 Å². The average Bonchev–Trinajstić information content (AvgIpc) is 2.95. The molecular formula is C16H23N3O2. The van der Waals surface area contributed by atoms with Crippen molar-refractivity contribution in [2.75, 3.05) is 30.8 Å². The second kappa shape index (κ2) is 6.35. The number of benzene rings is 1. The molecule has 2 aliphatic rings. The second-order valence-electron chi connectivity index (χ2n) is 5.90. The Labute approximate surface area is 125 Å². The summed E-state index contributed by atoms with van der Waals surface area (Å²) in [5, 5.41) is 6.30. The Bertz CT molecular complexity index is 506. The Kier molecular flexibility index (Phi) is 4.29. The van der Waals surface area contributed by atoms with Crippen LogP contribution >= 0.6 is 0 Å². The highest BCUT2D eigenvalue weighted by Gasteiger charge is 2.31. The Morgan fingerprint density at radius 2 is 2.14 bits per heavy atom. The van der Waals surface area contributed by atoms with Gasteiger partial charge in [0.05, 0.1) is 7.11 Å². The summed E-state index contributed by atoms with van der Waals surface area (Å²) < 4.78 is 4.62. The van der Waals surface area contributed by atoms with E-state index < -0.39 is 6.09 Å². The van der Waals surface area contributed by atoms with Crippen LogP contribution in [0.25, 0.3) is 0 Å². The lowest BCUT2D eigenvalue weighted by Crippen LogP contribution is -2.42. The van der Waals surface area contributed by atoms with Crippen LogP contribution in [0.4, 0.5) is 16.2 Å². The fraction of sp³-hybridized carbons (Fsp3) is 0.562. The maximum Gasteiger partial charge on any atom is 0.411 e. The maximum atomic E-state index is 11.2. The van der Waals surface area contributed by atoms with E-state index in [1.165, 1.54) is 45.9 Å². The van der Waals surface area contributed by atoms with Crippen molar-refractivity contribution in [1.82, 2.24) is 4.90 Å². The first-order valence-corrected chi connectivity index (χ1v) is 7.70. The van der Waals surface area contributed by atoms with Gasteiger partial charge >= 0.3 is 6.09 Å². The van der Waals surface area contributed by atoms with Gasteiger partial charge in [-0.05, 0) is 50.4 Å². The number of ether oxygens (including phenoxy) is 1. The highest BCUT2D eigenvalue weighted by molar-refractivity contribution is 5.85. The van der Waals surface area contributed by atoms with E-state index in [4.69, 9.17) is 0 Å². The standard InChI is InChI=1S/C16H23N3O2/c1-21-16(20)18-13-5-2-4-12(10-13)17-14-7-9-19-8-3-6-15(19)11-14/h2,4-5,10,14-15,17H,3,6-9,11H2,1H3,(H,18,20). The SMILES string of the molecule is COC(=O)Nc1cccc(NC2CCN3CCCC3C2)c1. The smallest absolute Gasteiger partial charge is 0.411 e. The fourth-order valence-electron chi connectivity index (χ4n) is 3.45. The summed E-state index contributed by atoms with van der Waals surface area (Å²) >= 11 is 0. The van der Waals surface area contributed by atoms with Crippen LogP contribution in [0.15, 0.2) is 24.3 Å². The minimum Gasteiger partial charge on any atom is -0.453 e. The number of carbonyl (C=O) groups excluding carboxylic acids is 1. The molecule has 2 fully saturated rings. The van der Waals surface area contributed by atoms with Gasteiger partial charge in [-0.15, -0.1) is 0 Å². The molecule has 0 saturated carbocycles. The molecule has 1 aromatic rings. The number of nitrogens with zero attached hydrogens (tertiary/aromatic N) is 1. The van der Waals surface area contributed by atoms with Crippen molar-refractivity contribution in [3.63, 3.8) is 0 Å². The molecule has 2 saturated heterocycles. The minimum atomic E-state index is -0.439. The number of hydrogen-bond acceptors (Lipinski definition) is 4. The number of nitrogens with one attached hydrogen (secondary N) is 2. The van der Waals surface area contributed by atoms with Crippen LogP contribution < -0.4 is 10.6 Å². The van der Waals surface area contributed by atoms with Gasteiger partial charge in [0.2, 0.25) is 0 Å². The third-order valence-electron chi connectivity index (χ3n) is 4.49. The first kappa shape index (κ1) is 14.2. The van der Waals surface area contributed by atoms with Crippen LogP contribution in [0.1, 0.15) is 25.7 Å². The molecule has 1 amide bonds. The first-order chi connectivity index (χ1) is 10.2. The van der Waals surface area contributed by atoms with Gasteiger partial charge in [-0.3, -0.25) is 5.32 Å². The topological polar surface area (TPSA) is 53.6 Å². The lowest BCUT2D eigenvalue weighted by molar-refractivity contribution is 0.187. The zero-order valence-electron chi connectivity index (χ0n) is 12.5. The summed E-state index contributed by atoms with van der Waals surface area (Å²) in [4.78, 5) is 13.9. The van der Waals surface area contributed by atoms with Crippen molar-refractivity contribution < 1.29 is 9.53 Å². The van der Waals surface area contributed by atoms with Gasteiger partial charge in [-0.25, -0.2) is 4.79 Å². The summed E-state index contributed by atoms with van der Waals surface area (Å²) in [6, 6.07) is 9.09. The molecule has 114 valence electrons. The molecular weight excluding hydrogens is 266 g/mol. The zero-order chi connectivity index (χ0) is 14.7. The average molecular weight is 289 g/mol. The van der Waals surface area contributed by atoms with Crippen molar-refractivity contribution in [2.24, 2.45) is 0 Å². The monoisotopic (exact) mass is 289 g/mol. The van der Waals surface area contributed by atoms with Crippen molar-refractivity contribution in [2.45, 2.75) is 37.8 Å². The Morgan fingerprint density at radius 1 is 1.29 bits per heavy atom. The lowest BCUT2D eigenvalue weighted by Gasteiger charge is -2.35. The van der Waals surface area contributed by atoms with Crippen LogP contribution in [0.5, 0.6) is 0 Å². The van der Waals surface area contributed by atoms with Crippen LogP contribution in [0, 0.1) is 0 Å². The molecule has 3 rings (SSSR count). The highest BCUT2D eigenvalue weighted by Crippen LogP contribution is 2.29. The normalized spacial score (nSPS) is 25.2. The van der Waals surface area contributed by atoms with Crippen molar-refractivity contribution in [1.29, 1.82) is 0 Å². The molecule has 2 unspecified atom stereocenters. The molecule has 5 heteroatoms. The number of fused-ring (bicyclic) bond motifs is 1. The Balaban J connectivity index is 1.59. The Morgan fingerprint density at radius 3 is 3.00 bits per heavy atom. The number of rotatable bonds is 3. The van der Waals surface area contributed by atoms with E-state index in [0.717, 1.165) is 17.4 Å². The van der Waals surface area contributed by atoms with Crippen LogP contribution in [0.3, 0.4) is 0 Å². The predicted octanol–water partition coefficient (Wildman–Crippen LogP) is 2.90. The maximum absolute atomic E-state index is 11.2. The third kappa shape index (κ3) is 3.47. The van der Waals surface area contributed by atoms with E-state index in [9.17, 15) is 4.79 Å². The number of hydrogen-bond donors (Lipinski definition) is 2. The minimum absolute atomic E-state index is 0.439. The van der Waals surface area contributed by atoms with Gasteiger partial charge in [-0.1, -0.05) is 6.07 Å². The molecule has 0 radical (unpaired) electrons. The van der Waals surface area contributed by atoms with Gasteiger partial charge in [0.1, 0.15) is 0 Å². The number of amides is 1. The molecule has 0 aromatic heterocycles. The fourth-order valence-corrected chi connectivity index (χ4v) is 3.45. The molecule has 0 bridgehead atoms. The van der Waals surface area contributed by atoms with Gasteiger partial charge in [0.25, 0.3) is 0 Å². The van der Waals surface area contributed by atoms with E-state index >= 15 is 0 Å². The number of methoxy groups -OCH3 is 1. The predicted molar refractivity (Wildman–Crippen MR) is 83.7 cm³/mol. The number of piperidine rings is 1. The number of anilines is 2. The summed E-state index contributed by atoms with van der Waals surface area (Å²) in [5.74, 6) is 0. The van der Waals surface area contributed by atoms with Gasteiger partial charge in [0.15, 0.2) is 0 Å². The van der Waals surface area contributed by atoms with Crippen molar-refractivity contribution in [3.8, 4) is 0 Å². The molecule has 2 heterocycles. The molecule has 2 aliphatic heterocycles.